The van der Waals surface area contributed by atoms with Crippen LogP contribution in [0.3, 0.4) is 0 Å². The van der Waals surface area contributed by atoms with Gasteiger partial charge in [0.05, 0.1) is 0 Å². The van der Waals surface area contributed by atoms with Crippen LogP contribution in [0.15, 0.2) is 0 Å². The Hall–Kier alpha value is -0.0400. The molecule has 1 saturated carbocycles. The van der Waals surface area contributed by atoms with Crippen LogP contribution in [0, 0.1) is 11.8 Å². The summed E-state index contributed by atoms with van der Waals surface area (Å²) in [7, 11) is 0. The summed E-state index contributed by atoms with van der Waals surface area (Å²) < 4.78 is 0. The van der Waals surface area contributed by atoms with E-state index in [0.717, 1.165) is 30.0 Å². The van der Waals surface area contributed by atoms with Gasteiger partial charge in [-0.15, -0.1) is 0 Å². The molecule has 2 rings (SSSR count). The average molecular weight is 195 g/mol. The van der Waals surface area contributed by atoms with Crippen LogP contribution in [0.5, 0.6) is 0 Å². The number of nitrogens with zero attached hydrogens (tertiary/aromatic N) is 1. The average Bonchev–Trinajstić information content (AvgIpc) is 2.83. The van der Waals surface area contributed by atoms with Gasteiger partial charge in [0.25, 0.3) is 0 Å². The Labute approximate surface area is 88.9 Å². The van der Waals surface area contributed by atoms with Gasteiger partial charge in [0.2, 0.25) is 0 Å². The van der Waals surface area contributed by atoms with Crippen LogP contribution in [-0.4, -0.2) is 23.0 Å². The van der Waals surface area contributed by atoms with E-state index in [9.17, 15) is 0 Å². The smallest absolute Gasteiger partial charge is 0.0130 e. The molecule has 0 N–H and O–H groups in total. The van der Waals surface area contributed by atoms with Crippen molar-refractivity contribution in [3.63, 3.8) is 0 Å². The largest absolute Gasteiger partial charge is 0.295 e. The molecule has 14 heavy (non-hydrogen) atoms. The number of rotatable bonds is 3. The molecule has 1 heterocycles. The molecule has 0 aromatic rings. The lowest BCUT2D eigenvalue weighted by atomic mass is 10.0. The normalized spacial score (nSPS) is 34.7. The first-order valence-electron chi connectivity index (χ1n) is 6.38. The third kappa shape index (κ3) is 1.84. The quantitative estimate of drug-likeness (QED) is 0.668. The van der Waals surface area contributed by atoms with E-state index >= 15 is 0 Å². The summed E-state index contributed by atoms with van der Waals surface area (Å²) in [5, 5.41) is 0. The molecule has 0 radical (unpaired) electrons. The standard InChI is InChI=1S/C13H25N/c1-9(2)12-7-8-13(11-5-6-11)14(12)10(3)4/h9-13H,5-8H2,1-4H3. The van der Waals surface area contributed by atoms with Crippen LogP contribution in [0.1, 0.15) is 53.4 Å². The maximum absolute atomic E-state index is 2.82. The summed E-state index contributed by atoms with van der Waals surface area (Å²) in [6.45, 7) is 9.51. The Morgan fingerprint density at radius 3 is 2.00 bits per heavy atom. The second kappa shape index (κ2) is 3.84. The number of hydrogen-bond donors (Lipinski definition) is 0. The molecule has 0 aromatic heterocycles. The molecule has 1 saturated heterocycles. The first-order chi connectivity index (χ1) is 6.61. The van der Waals surface area contributed by atoms with Gasteiger partial charge in [-0.3, -0.25) is 4.90 Å². The fourth-order valence-corrected chi connectivity index (χ4v) is 3.29. The summed E-state index contributed by atoms with van der Waals surface area (Å²) in [5.41, 5.74) is 0. The first kappa shape index (κ1) is 10.5. The van der Waals surface area contributed by atoms with Crippen molar-refractivity contribution in [1.29, 1.82) is 0 Å². The van der Waals surface area contributed by atoms with E-state index in [1.165, 1.54) is 25.7 Å². The molecule has 1 heteroatoms. The zero-order valence-electron chi connectivity index (χ0n) is 10.2. The monoisotopic (exact) mass is 195 g/mol. The summed E-state index contributed by atoms with van der Waals surface area (Å²) in [6, 6.07) is 2.54. The Kier molecular flexibility index (Phi) is 2.88. The third-order valence-electron chi connectivity index (χ3n) is 4.06. The lowest BCUT2D eigenvalue weighted by Gasteiger charge is -2.36. The second-order valence-electron chi connectivity index (χ2n) is 5.83. The topological polar surface area (TPSA) is 3.24 Å². The van der Waals surface area contributed by atoms with Crippen molar-refractivity contribution in [2.24, 2.45) is 11.8 Å². The highest BCUT2D eigenvalue weighted by molar-refractivity contribution is 4.98. The predicted octanol–water partition coefficient (Wildman–Crippen LogP) is 3.29. The minimum atomic E-state index is 0.746. The fraction of sp³-hybridized carbons (Fsp3) is 1.00. The van der Waals surface area contributed by atoms with Gasteiger partial charge in [0.15, 0.2) is 0 Å². The van der Waals surface area contributed by atoms with Crippen LogP contribution in [0.4, 0.5) is 0 Å². The molecule has 1 aliphatic carbocycles. The summed E-state index contributed by atoms with van der Waals surface area (Å²) >= 11 is 0. The maximum atomic E-state index is 2.82. The minimum Gasteiger partial charge on any atom is -0.295 e. The molecule has 1 aliphatic heterocycles. The molecule has 2 atom stereocenters. The van der Waals surface area contributed by atoms with E-state index in [2.05, 4.69) is 32.6 Å². The Morgan fingerprint density at radius 2 is 1.57 bits per heavy atom. The highest BCUT2D eigenvalue weighted by Gasteiger charge is 2.43. The fourth-order valence-electron chi connectivity index (χ4n) is 3.29. The van der Waals surface area contributed by atoms with Crippen molar-refractivity contribution in [2.45, 2.75) is 71.5 Å². The van der Waals surface area contributed by atoms with Gasteiger partial charge in [-0.2, -0.15) is 0 Å². The maximum Gasteiger partial charge on any atom is 0.0130 e. The Morgan fingerprint density at radius 1 is 0.929 bits per heavy atom. The predicted molar refractivity (Wildman–Crippen MR) is 61.3 cm³/mol. The second-order valence-corrected chi connectivity index (χ2v) is 5.83. The molecule has 82 valence electrons. The van der Waals surface area contributed by atoms with Crippen molar-refractivity contribution in [3.05, 3.63) is 0 Å². The lowest BCUT2D eigenvalue weighted by Crippen LogP contribution is -2.44. The SMILES string of the molecule is CC(C)C1CCC(C2CC2)N1C(C)C. The van der Waals surface area contributed by atoms with Gasteiger partial charge >= 0.3 is 0 Å². The molecule has 2 fully saturated rings. The summed E-state index contributed by atoms with van der Waals surface area (Å²) in [4.78, 5) is 2.82. The lowest BCUT2D eigenvalue weighted by molar-refractivity contribution is 0.108. The third-order valence-corrected chi connectivity index (χ3v) is 4.06. The molecular weight excluding hydrogens is 170 g/mol. The van der Waals surface area contributed by atoms with E-state index < -0.39 is 0 Å². The van der Waals surface area contributed by atoms with Gasteiger partial charge in [-0.25, -0.2) is 0 Å². The summed E-state index contributed by atoms with van der Waals surface area (Å²) in [6.07, 6.45) is 5.90. The summed E-state index contributed by atoms with van der Waals surface area (Å²) in [5.74, 6) is 1.89. The van der Waals surface area contributed by atoms with Crippen molar-refractivity contribution >= 4 is 0 Å². The number of likely N-dealkylation sites (tertiary alicyclic amines) is 1. The van der Waals surface area contributed by atoms with Crippen LogP contribution in [0.25, 0.3) is 0 Å². The van der Waals surface area contributed by atoms with Crippen LogP contribution in [-0.2, 0) is 0 Å². The van der Waals surface area contributed by atoms with Gasteiger partial charge < -0.3 is 0 Å². The Balaban J connectivity index is 2.06. The number of hydrogen-bond acceptors (Lipinski definition) is 1. The van der Waals surface area contributed by atoms with E-state index in [1.54, 1.807) is 0 Å². The van der Waals surface area contributed by atoms with Gasteiger partial charge in [-0.05, 0) is 51.4 Å². The van der Waals surface area contributed by atoms with Crippen LogP contribution >= 0.6 is 0 Å². The highest BCUT2D eigenvalue weighted by Crippen LogP contribution is 2.44. The van der Waals surface area contributed by atoms with Crippen molar-refractivity contribution in [2.75, 3.05) is 0 Å². The molecule has 2 unspecified atom stereocenters. The van der Waals surface area contributed by atoms with E-state index in [-0.39, 0.29) is 0 Å². The van der Waals surface area contributed by atoms with Gasteiger partial charge in [0.1, 0.15) is 0 Å². The van der Waals surface area contributed by atoms with Crippen molar-refractivity contribution < 1.29 is 0 Å². The molecule has 0 aromatic carbocycles. The zero-order valence-corrected chi connectivity index (χ0v) is 10.2. The van der Waals surface area contributed by atoms with Crippen molar-refractivity contribution in [3.8, 4) is 0 Å². The van der Waals surface area contributed by atoms with Crippen LogP contribution < -0.4 is 0 Å². The molecule has 0 bridgehead atoms. The van der Waals surface area contributed by atoms with E-state index in [4.69, 9.17) is 0 Å². The zero-order chi connectivity index (χ0) is 10.3. The molecule has 1 nitrogen and oxygen atoms in total. The first-order valence-corrected chi connectivity index (χ1v) is 6.38. The molecular formula is C13H25N. The van der Waals surface area contributed by atoms with Crippen molar-refractivity contribution in [1.82, 2.24) is 4.90 Å². The van der Waals surface area contributed by atoms with E-state index in [1.807, 2.05) is 0 Å². The minimum absolute atomic E-state index is 0.746. The molecule has 0 amide bonds. The molecule has 0 spiro atoms. The van der Waals surface area contributed by atoms with E-state index in [0.29, 0.717) is 0 Å². The van der Waals surface area contributed by atoms with Crippen LogP contribution in [0.2, 0.25) is 0 Å². The highest BCUT2D eigenvalue weighted by atomic mass is 15.2. The van der Waals surface area contributed by atoms with Gasteiger partial charge in [-0.1, -0.05) is 13.8 Å². The Bertz CT molecular complexity index is 183. The van der Waals surface area contributed by atoms with Gasteiger partial charge in [0, 0.05) is 18.1 Å². The molecule has 2 aliphatic rings.